The van der Waals surface area contributed by atoms with Crippen molar-refractivity contribution in [2.45, 2.75) is 24.5 Å². The molecule has 0 aliphatic heterocycles. The van der Waals surface area contributed by atoms with Crippen molar-refractivity contribution in [3.63, 3.8) is 0 Å². The molecule has 35 heavy (non-hydrogen) atoms. The first kappa shape index (κ1) is 26.4. The largest absolute Gasteiger partial charge is 0.508 e. The molecule has 186 valence electrons. The normalized spacial score (nSPS) is 12.1. The number of phenols is 1. The van der Waals surface area contributed by atoms with Gasteiger partial charge in [0.15, 0.2) is 0 Å². The molecule has 9 heteroatoms. The quantitative estimate of drug-likeness (QED) is 0.323. The van der Waals surface area contributed by atoms with Gasteiger partial charge in [0.1, 0.15) is 22.5 Å². The van der Waals surface area contributed by atoms with Gasteiger partial charge in [-0.2, -0.15) is 8.42 Å². The van der Waals surface area contributed by atoms with Crippen LogP contribution in [0.5, 0.6) is 17.2 Å². The molecule has 3 aromatic carbocycles. The zero-order valence-corrected chi connectivity index (χ0v) is 20.9. The molecule has 1 atom stereocenters. The Morgan fingerprint density at radius 3 is 2.00 bits per heavy atom. The molecule has 0 saturated heterocycles. The lowest BCUT2D eigenvalue weighted by Crippen LogP contribution is -2.20. The second-order valence-electron chi connectivity index (χ2n) is 7.99. The smallest absolute Gasteiger partial charge is 0.316 e. The summed E-state index contributed by atoms with van der Waals surface area (Å²) in [7, 11) is -3.56. The number of thioether (sulfide) groups is 1. The Bertz CT molecular complexity index is 1190. The van der Waals surface area contributed by atoms with Gasteiger partial charge < -0.3 is 19.1 Å². The fourth-order valence-electron chi connectivity index (χ4n) is 3.31. The Morgan fingerprint density at radius 1 is 0.857 bits per heavy atom. The third-order valence-corrected chi connectivity index (χ3v) is 6.80. The Kier molecular flexibility index (Phi) is 9.45. The van der Waals surface area contributed by atoms with E-state index in [4.69, 9.17) is 8.92 Å². The highest BCUT2D eigenvalue weighted by Crippen LogP contribution is 2.21. The van der Waals surface area contributed by atoms with Crippen LogP contribution in [-0.2, 0) is 34.2 Å². The van der Waals surface area contributed by atoms with Crippen molar-refractivity contribution in [1.29, 1.82) is 0 Å². The average Bonchev–Trinajstić information content (AvgIpc) is 2.81. The number of ether oxygens (including phenoxy) is 1. The van der Waals surface area contributed by atoms with E-state index in [1.165, 1.54) is 23.9 Å². The summed E-state index contributed by atoms with van der Waals surface area (Å²) >= 11 is 1.42. The van der Waals surface area contributed by atoms with Crippen molar-refractivity contribution in [3.8, 4) is 17.2 Å². The first-order valence-corrected chi connectivity index (χ1v) is 13.9. The summed E-state index contributed by atoms with van der Waals surface area (Å²) in [5.74, 6) is 0.907. The summed E-state index contributed by atoms with van der Waals surface area (Å²) in [6, 6.07) is 21.2. The highest BCUT2D eigenvalue weighted by atomic mass is 32.2. The molecule has 0 aromatic heterocycles. The molecule has 0 bridgehead atoms. The lowest BCUT2D eigenvalue weighted by molar-refractivity contribution is -0.136. The summed E-state index contributed by atoms with van der Waals surface area (Å²) in [6.45, 7) is 0.441. The van der Waals surface area contributed by atoms with Crippen LogP contribution in [-0.4, -0.2) is 48.5 Å². The Hall–Kier alpha value is -3.17. The molecule has 0 saturated carbocycles. The molecule has 2 N–H and O–H groups in total. The van der Waals surface area contributed by atoms with Crippen molar-refractivity contribution in [3.05, 3.63) is 89.5 Å². The van der Waals surface area contributed by atoms with E-state index in [0.717, 1.165) is 29.4 Å². The van der Waals surface area contributed by atoms with E-state index in [2.05, 4.69) is 0 Å². The second-order valence-corrected chi connectivity index (χ2v) is 10.9. The molecule has 0 heterocycles. The zero-order valence-electron chi connectivity index (χ0n) is 19.3. The van der Waals surface area contributed by atoms with Gasteiger partial charge in [-0.25, -0.2) is 0 Å². The molecule has 0 radical (unpaired) electrons. The van der Waals surface area contributed by atoms with Gasteiger partial charge in [0.25, 0.3) is 0 Å². The SMILES string of the molecule is CS(=O)(=O)Oc1ccc(OCCc2ccc(C[C@@H](SCCc3ccc(O)cc3)C(=O)O)cc2)cc1. The number of hydrogen-bond donors (Lipinski definition) is 2. The fraction of sp³-hybridized carbons (Fsp3) is 0.269. The Balaban J connectivity index is 1.43. The van der Waals surface area contributed by atoms with E-state index < -0.39 is 21.3 Å². The third-order valence-electron chi connectivity index (χ3n) is 5.10. The maximum atomic E-state index is 11.7. The minimum atomic E-state index is -3.56. The van der Waals surface area contributed by atoms with Gasteiger partial charge in [0.05, 0.1) is 12.9 Å². The number of phenolic OH excluding ortho intramolecular Hbond substituents is 1. The molecule has 0 unspecified atom stereocenters. The van der Waals surface area contributed by atoms with E-state index >= 15 is 0 Å². The maximum absolute atomic E-state index is 11.7. The molecule has 0 fully saturated rings. The topological polar surface area (TPSA) is 110 Å². The number of aryl methyl sites for hydroxylation is 1. The summed E-state index contributed by atoms with van der Waals surface area (Å²) in [5, 5.41) is 18.4. The Labute approximate surface area is 209 Å². The molecule has 3 rings (SSSR count). The van der Waals surface area contributed by atoms with Crippen LogP contribution >= 0.6 is 11.8 Å². The molecule has 0 aliphatic carbocycles. The van der Waals surface area contributed by atoms with Crippen LogP contribution in [0.15, 0.2) is 72.8 Å². The van der Waals surface area contributed by atoms with E-state index in [1.54, 1.807) is 24.3 Å². The first-order chi connectivity index (χ1) is 16.7. The number of benzene rings is 3. The van der Waals surface area contributed by atoms with Gasteiger partial charge in [-0.15, -0.1) is 11.8 Å². The molecular weight excluding hydrogens is 488 g/mol. The molecule has 0 spiro atoms. The maximum Gasteiger partial charge on any atom is 0.316 e. The zero-order chi connectivity index (χ0) is 25.3. The molecule has 0 amide bonds. The van der Waals surface area contributed by atoms with Crippen LogP contribution in [0.3, 0.4) is 0 Å². The van der Waals surface area contributed by atoms with Crippen molar-refractivity contribution in [1.82, 2.24) is 0 Å². The van der Waals surface area contributed by atoms with Gasteiger partial charge >= 0.3 is 16.1 Å². The standard InChI is InChI=1S/C26H28O7S2/c1-35(30,31)33-24-12-10-23(11-13-24)32-16-14-19-2-4-21(5-3-19)18-25(26(28)29)34-17-15-20-6-8-22(27)9-7-20/h2-13,25,27H,14-18H2,1H3,(H,28,29)/t25-/m1/s1. The predicted octanol–water partition coefficient (Wildman–Crippen LogP) is 4.32. The van der Waals surface area contributed by atoms with Gasteiger partial charge in [0, 0.05) is 6.42 Å². The average molecular weight is 517 g/mol. The number of carboxylic acids is 1. The summed E-state index contributed by atoms with van der Waals surface area (Å²) in [6.07, 6.45) is 2.84. The molecule has 0 aliphatic rings. The van der Waals surface area contributed by atoms with E-state index in [-0.39, 0.29) is 11.5 Å². The number of aromatic hydroxyl groups is 1. The Morgan fingerprint density at radius 2 is 1.40 bits per heavy atom. The van der Waals surface area contributed by atoms with E-state index in [9.17, 15) is 23.4 Å². The molecular formula is C26H28O7S2. The van der Waals surface area contributed by atoms with Crippen LogP contribution in [0.1, 0.15) is 16.7 Å². The van der Waals surface area contributed by atoms with Gasteiger partial charge in [-0.3, -0.25) is 4.79 Å². The van der Waals surface area contributed by atoms with Gasteiger partial charge in [-0.1, -0.05) is 36.4 Å². The summed E-state index contributed by atoms with van der Waals surface area (Å²) in [5.41, 5.74) is 3.09. The second kappa shape index (κ2) is 12.5. The van der Waals surface area contributed by atoms with Gasteiger partial charge in [-0.05, 0) is 71.7 Å². The van der Waals surface area contributed by atoms with Crippen molar-refractivity contribution in [2.24, 2.45) is 0 Å². The number of aliphatic carboxylic acids is 1. The fourth-order valence-corrected chi connectivity index (χ4v) is 4.86. The molecule has 3 aromatic rings. The first-order valence-electron chi connectivity index (χ1n) is 11.0. The summed E-state index contributed by atoms with van der Waals surface area (Å²) < 4.78 is 32.8. The minimum Gasteiger partial charge on any atom is -0.508 e. The number of carbonyl (C=O) groups is 1. The van der Waals surface area contributed by atoms with Crippen LogP contribution in [0.25, 0.3) is 0 Å². The summed E-state index contributed by atoms with van der Waals surface area (Å²) in [4.78, 5) is 11.7. The van der Waals surface area contributed by atoms with Crippen molar-refractivity contribution in [2.75, 3.05) is 18.6 Å². The number of carboxylic acid groups (broad SMARTS) is 1. The van der Waals surface area contributed by atoms with Crippen molar-refractivity contribution >= 4 is 27.8 Å². The molecule has 7 nitrogen and oxygen atoms in total. The van der Waals surface area contributed by atoms with Crippen LogP contribution in [0.2, 0.25) is 0 Å². The number of hydrogen-bond acceptors (Lipinski definition) is 7. The van der Waals surface area contributed by atoms with E-state index in [1.807, 2.05) is 36.4 Å². The van der Waals surface area contributed by atoms with Crippen LogP contribution in [0.4, 0.5) is 0 Å². The lowest BCUT2D eigenvalue weighted by atomic mass is 10.1. The third kappa shape index (κ3) is 9.54. The lowest BCUT2D eigenvalue weighted by Gasteiger charge is -2.13. The van der Waals surface area contributed by atoms with E-state index in [0.29, 0.717) is 31.0 Å². The predicted molar refractivity (Wildman–Crippen MR) is 137 cm³/mol. The number of rotatable bonds is 13. The van der Waals surface area contributed by atoms with Crippen LogP contribution < -0.4 is 8.92 Å². The highest BCUT2D eigenvalue weighted by Gasteiger charge is 2.18. The monoisotopic (exact) mass is 516 g/mol. The minimum absolute atomic E-state index is 0.218. The highest BCUT2D eigenvalue weighted by molar-refractivity contribution is 8.00. The van der Waals surface area contributed by atoms with Gasteiger partial charge in [0.2, 0.25) is 0 Å². The van der Waals surface area contributed by atoms with Crippen molar-refractivity contribution < 1.29 is 32.3 Å². The van der Waals surface area contributed by atoms with Crippen LogP contribution in [0, 0.1) is 0 Å².